The molecule has 4 aromatic rings. The van der Waals surface area contributed by atoms with Crippen LogP contribution in [0.5, 0.6) is 0 Å². The minimum Gasteiger partial charge on any atom is -0.462 e. The normalized spacial score (nSPS) is 15.5. The topological polar surface area (TPSA) is 167 Å². The quantitative estimate of drug-likeness (QED) is 0.0797. The van der Waals surface area contributed by atoms with Crippen LogP contribution in [-0.2, 0) is 46.4 Å². The molecule has 0 bridgehead atoms. The number of carbonyl (C=O) groups excluding carboxylic acids is 4. The lowest BCUT2D eigenvalue weighted by Crippen LogP contribution is -2.44. The van der Waals surface area contributed by atoms with Gasteiger partial charge in [-0.3, -0.25) is 14.4 Å². The first-order valence-corrected chi connectivity index (χ1v) is 25.5. The number of hydrogen-bond donors (Lipinski definition) is 4. The molecule has 6 rings (SSSR count). The van der Waals surface area contributed by atoms with Crippen molar-refractivity contribution in [1.29, 1.82) is 0 Å². The van der Waals surface area contributed by atoms with Gasteiger partial charge in [0, 0.05) is 76.4 Å². The maximum absolute atomic E-state index is 13.1. The van der Waals surface area contributed by atoms with Crippen LogP contribution in [0.1, 0.15) is 157 Å². The number of carbonyl (C=O) groups is 4. The molecule has 0 aliphatic carbocycles. The van der Waals surface area contributed by atoms with E-state index >= 15 is 0 Å². The number of hydrogen-bond acceptors (Lipinski definition) is 9. The van der Waals surface area contributed by atoms with Gasteiger partial charge in [0.15, 0.2) is 0 Å². The van der Waals surface area contributed by atoms with Gasteiger partial charge in [-0.2, -0.15) is 4.94 Å². The molecule has 2 aromatic carbocycles. The Morgan fingerprint density at radius 1 is 0.746 bits per heavy atom. The summed E-state index contributed by atoms with van der Waals surface area (Å²) in [6.45, 7) is 28.7. The van der Waals surface area contributed by atoms with Crippen molar-refractivity contribution in [1.82, 2.24) is 30.4 Å². The maximum atomic E-state index is 13.1. The number of aromatic nitrogens is 2. The van der Waals surface area contributed by atoms with Crippen LogP contribution in [-0.4, -0.2) is 108 Å². The van der Waals surface area contributed by atoms with Crippen molar-refractivity contribution in [2.75, 3.05) is 47.4 Å². The first-order valence-electron chi connectivity index (χ1n) is 24.7. The number of nitrogens with one attached hydrogen (secondary N) is 4. The van der Waals surface area contributed by atoms with E-state index in [4.69, 9.17) is 32.7 Å². The zero-order valence-corrected chi connectivity index (χ0v) is 46.9. The second-order valence-corrected chi connectivity index (χ2v) is 22.5. The summed E-state index contributed by atoms with van der Waals surface area (Å²) in [5.41, 5.74) is 6.32. The molecule has 2 aliphatic heterocycles. The highest BCUT2D eigenvalue weighted by Gasteiger charge is 2.35. The minimum absolute atomic E-state index is 0.0417. The van der Waals surface area contributed by atoms with Crippen LogP contribution in [0.25, 0.3) is 21.8 Å². The zero-order valence-electron chi connectivity index (χ0n) is 45.4. The molecule has 14 nitrogen and oxygen atoms in total. The number of alkyl carbamates (subject to hydrolysis) is 1. The third kappa shape index (κ3) is 21.7. The van der Waals surface area contributed by atoms with E-state index in [1.165, 1.54) is 27.6 Å². The van der Waals surface area contributed by atoms with E-state index in [-0.39, 0.29) is 35.1 Å². The average Bonchev–Trinajstić information content (AvgIpc) is 3.81. The number of amides is 3. The number of ether oxygens (including phenoxy) is 3. The Morgan fingerprint density at radius 3 is 1.54 bits per heavy atom. The van der Waals surface area contributed by atoms with Crippen molar-refractivity contribution in [2.45, 2.75) is 164 Å². The number of fused-ring (bicyclic) bond motifs is 6. The summed E-state index contributed by atoms with van der Waals surface area (Å²) in [6.07, 6.45) is 5.15. The van der Waals surface area contributed by atoms with Crippen LogP contribution in [0, 0.1) is 11.8 Å². The number of likely N-dealkylation sites (N-methyl/N-ethyl adjacent to an activating group) is 1. The highest BCUT2D eigenvalue weighted by atomic mass is 35.5. The molecular weight excluding hydrogens is 951 g/mol. The number of rotatable bonds is 12. The van der Waals surface area contributed by atoms with E-state index in [2.05, 4.69) is 70.1 Å². The number of benzene rings is 2. The monoisotopic (exact) mass is 1030 g/mol. The number of H-pyrrole nitrogens is 2. The van der Waals surface area contributed by atoms with Crippen molar-refractivity contribution in [3.63, 3.8) is 0 Å². The first-order chi connectivity index (χ1) is 33.1. The van der Waals surface area contributed by atoms with Crippen LogP contribution >= 0.6 is 23.2 Å². The Morgan fingerprint density at radius 2 is 1.18 bits per heavy atom. The van der Waals surface area contributed by atoms with Crippen LogP contribution < -0.4 is 10.6 Å². The largest absolute Gasteiger partial charge is 0.462 e. The standard InChI is InChI=1S/C25H36ClN3O3.C18H24ClN3O.C5H10O2.C5H12O.CH3FO/c1-16(2)14-21-23-19(18-10-9-17(26)15-20(18)28-23)11-13-29(21)22(30)8-6-7-12-27-24(31)32-25(3,4)5;1-11(2)8-16-18-14(6-7-22(16)17(23)10-20-3)13-5-4-12(19)9-15(13)21-18;1-5(2,3)7-4-6;1-5(2,3)6-4;1-3-2/h9-10,15-16,21,28H,6-8,11-14H2,1-5H3,(H,27,31);4-5,9,11,16,20-21H,6-8,10H2,1-3H3;4H,1-3H3;1-4H3;1H3. The van der Waals surface area contributed by atoms with E-state index in [1.807, 2.05) is 103 Å². The van der Waals surface area contributed by atoms with E-state index in [9.17, 15) is 23.7 Å². The molecule has 0 fully saturated rings. The van der Waals surface area contributed by atoms with Crippen molar-refractivity contribution >= 4 is 69.4 Å². The molecule has 3 amide bonds. The number of methoxy groups -OCH3 is 1. The number of halogens is 3. The molecular formula is C54H85Cl2FN6O8. The summed E-state index contributed by atoms with van der Waals surface area (Å²) >= 11 is 12.3. The van der Waals surface area contributed by atoms with E-state index in [0.717, 1.165) is 80.5 Å². The van der Waals surface area contributed by atoms with Crippen molar-refractivity contribution in [3.8, 4) is 0 Å². The second-order valence-electron chi connectivity index (χ2n) is 21.6. The second kappa shape index (κ2) is 29.3. The van der Waals surface area contributed by atoms with E-state index in [1.54, 1.807) is 7.11 Å². The van der Waals surface area contributed by atoms with Gasteiger partial charge in [-0.25, -0.2) is 4.79 Å². The summed E-state index contributed by atoms with van der Waals surface area (Å²) in [5, 5.41) is 9.63. The highest BCUT2D eigenvalue weighted by molar-refractivity contribution is 6.31. The lowest BCUT2D eigenvalue weighted by molar-refractivity contribution is -0.139. The first kappa shape index (κ1) is 62.7. The van der Waals surface area contributed by atoms with E-state index < -0.39 is 11.7 Å². The fourth-order valence-corrected chi connectivity index (χ4v) is 8.46. The Hall–Kier alpha value is -4.41. The summed E-state index contributed by atoms with van der Waals surface area (Å²) < 4.78 is 24.5. The summed E-state index contributed by atoms with van der Waals surface area (Å²) in [7, 11) is 4.48. The molecule has 2 atom stereocenters. The zero-order chi connectivity index (χ0) is 53.9. The molecule has 4 heterocycles. The Bertz CT molecular complexity index is 2280. The summed E-state index contributed by atoms with van der Waals surface area (Å²) in [5.74, 6) is 1.33. The van der Waals surface area contributed by atoms with Crippen LogP contribution in [0.4, 0.5) is 9.32 Å². The number of aromatic amines is 2. The molecule has 0 saturated carbocycles. The fraction of sp³-hybridized carbons (Fsp3) is 0.630. The third-order valence-corrected chi connectivity index (χ3v) is 11.8. The van der Waals surface area contributed by atoms with Crippen LogP contribution in [0.3, 0.4) is 0 Å². The highest BCUT2D eigenvalue weighted by Crippen LogP contribution is 2.40. The van der Waals surface area contributed by atoms with Gasteiger partial charge in [0.05, 0.1) is 31.3 Å². The molecule has 0 spiro atoms. The molecule has 71 heavy (non-hydrogen) atoms. The van der Waals surface area contributed by atoms with E-state index in [0.29, 0.717) is 42.8 Å². The van der Waals surface area contributed by atoms with Gasteiger partial charge in [-0.1, -0.05) is 63.0 Å². The van der Waals surface area contributed by atoms with Gasteiger partial charge >= 0.3 is 6.09 Å². The molecule has 2 unspecified atom stereocenters. The summed E-state index contributed by atoms with van der Waals surface area (Å²) in [4.78, 5) is 60.9. The van der Waals surface area contributed by atoms with Gasteiger partial charge in [-0.05, 0) is 160 Å². The van der Waals surface area contributed by atoms with Gasteiger partial charge in [0.2, 0.25) is 11.8 Å². The van der Waals surface area contributed by atoms with Crippen LogP contribution in [0.2, 0.25) is 10.0 Å². The van der Waals surface area contributed by atoms with Crippen LogP contribution in [0.15, 0.2) is 36.4 Å². The smallest absolute Gasteiger partial charge is 0.407 e. The molecule has 0 radical (unpaired) electrons. The lowest BCUT2D eigenvalue weighted by Gasteiger charge is -2.37. The Kier molecular flexibility index (Phi) is 25.9. The summed E-state index contributed by atoms with van der Waals surface area (Å²) in [6, 6.07) is 12.1. The van der Waals surface area contributed by atoms with Crippen molar-refractivity contribution < 1.29 is 42.9 Å². The number of nitrogens with zero attached hydrogens (tertiary/aromatic N) is 2. The fourth-order valence-electron chi connectivity index (χ4n) is 8.12. The third-order valence-electron chi connectivity index (χ3n) is 11.3. The van der Waals surface area contributed by atoms with Gasteiger partial charge in [-0.15, -0.1) is 0 Å². The van der Waals surface area contributed by atoms with Gasteiger partial charge in [0.1, 0.15) is 11.2 Å². The predicted octanol–water partition coefficient (Wildman–Crippen LogP) is 12.4. The van der Waals surface area contributed by atoms with Gasteiger partial charge < -0.3 is 44.6 Å². The SMILES string of the molecule is CC(C)(C)OC=O.CC(C)CC1c2[nH]c3cc(Cl)ccc3c2CCN1C(=O)CCCCNC(=O)OC(C)(C)C.CNCC(=O)N1CCc2c([nH]c3cc(Cl)ccc23)C1CC(C)C.COC(C)(C)C.COF. The molecule has 4 N–H and O–H groups in total. The molecule has 2 aliphatic rings. The predicted molar refractivity (Wildman–Crippen MR) is 286 cm³/mol. The molecule has 2 aromatic heterocycles. The lowest BCUT2D eigenvalue weighted by atomic mass is 9.91. The minimum atomic E-state index is -0.507. The molecule has 17 heteroatoms. The Balaban J connectivity index is 0.000000382. The molecule has 0 saturated heterocycles. The van der Waals surface area contributed by atoms with Crippen molar-refractivity contribution in [3.05, 3.63) is 69.0 Å². The van der Waals surface area contributed by atoms with Crippen molar-refractivity contribution in [2.24, 2.45) is 11.8 Å². The van der Waals surface area contributed by atoms with Gasteiger partial charge in [0.25, 0.3) is 6.47 Å². The Labute approximate surface area is 433 Å². The average molecular weight is 1040 g/mol. The number of unbranched alkanes of at least 4 members (excludes halogenated alkanes) is 1. The molecule has 400 valence electrons. The maximum Gasteiger partial charge on any atom is 0.407 e.